The normalized spacial score (nSPS) is 12.1. The predicted molar refractivity (Wildman–Crippen MR) is 86.4 cm³/mol. The lowest BCUT2D eigenvalue weighted by Crippen LogP contribution is -2.38. The topological polar surface area (TPSA) is 67.2 Å². The Bertz CT molecular complexity index is 581. The van der Waals surface area contributed by atoms with Gasteiger partial charge in [-0.25, -0.2) is 4.98 Å². The summed E-state index contributed by atoms with van der Waals surface area (Å²) in [6.07, 6.45) is 2.59. The summed E-state index contributed by atoms with van der Waals surface area (Å²) in [6, 6.07) is 10.1. The van der Waals surface area contributed by atoms with Crippen molar-refractivity contribution in [1.29, 1.82) is 0 Å². The lowest BCUT2D eigenvalue weighted by Gasteiger charge is -2.12. The highest BCUT2D eigenvalue weighted by Crippen LogP contribution is 2.20. The van der Waals surface area contributed by atoms with E-state index in [1.54, 1.807) is 6.20 Å². The number of benzene rings is 1. The molecule has 0 aliphatic rings. The molecule has 2 N–H and O–H groups in total. The Morgan fingerprint density at radius 1 is 1.32 bits per heavy atom. The van der Waals surface area contributed by atoms with Gasteiger partial charge >= 0.3 is 0 Å². The summed E-state index contributed by atoms with van der Waals surface area (Å²) >= 11 is 0. The Hall–Kier alpha value is -2.14. The average Bonchev–Trinajstić information content (AvgIpc) is 3.01. The molecule has 0 saturated heterocycles. The summed E-state index contributed by atoms with van der Waals surface area (Å²) in [6.45, 7) is 5.62. The van der Waals surface area contributed by atoms with E-state index in [0.717, 1.165) is 17.9 Å². The molecule has 1 aromatic heterocycles. The molecule has 118 valence electrons. The number of amides is 1. The van der Waals surface area contributed by atoms with Gasteiger partial charge in [0.1, 0.15) is 0 Å². The second kappa shape index (κ2) is 8.34. The van der Waals surface area contributed by atoms with Crippen molar-refractivity contribution in [1.82, 2.24) is 15.6 Å². The fourth-order valence-corrected chi connectivity index (χ4v) is 2.16. The van der Waals surface area contributed by atoms with Gasteiger partial charge in [0, 0.05) is 31.0 Å². The third-order valence-electron chi connectivity index (χ3n) is 3.34. The summed E-state index contributed by atoms with van der Waals surface area (Å²) < 4.78 is 5.68. The third-order valence-corrected chi connectivity index (χ3v) is 3.34. The maximum Gasteiger partial charge on any atom is 0.220 e. The zero-order valence-corrected chi connectivity index (χ0v) is 13.1. The van der Waals surface area contributed by atoms with Gasteiger partial charge in [0.05, 0.1) is 6.20 Å². The van der Waals surface area contributed by atoms with E-state index in [1.807, 2.05) is 44.2 Å². The van der Waals surface area contributed by atoms with E-state index in [2.05, 4.69) is 15.6 Å². The van der Waals surface area contributed by atoms with E-state index < -0.39 is 0 Å². The fraction of sp³-hybridized carbons (Fsp3) is 0.412. The maximum absolute atomic E-state index is 11.8. The maximum atomic E-state index is 11.8. The summed E-state index contributed by atoms with van der Waals surface area (Å²) in [5.41, 5.74) is 0.991. The van der Waals surface area contributed by atoms with Crippen LogP contribution >= 0.6 is 0 Å². The standard InChI is InChI=1S/C17H23N3O2/c1-3-18-13(2)11-19-16(21)9-10-17-20-12-15(22-17)14-7-5-4-6-8-14/h4-8,12-13,18H,3,9-11H2,1-2H3,(H,19,21)/t13-/m1/s1. The zero-order valence-electron chi connectivity index (χ0n) is 13.1. The van der Waals surface area contributed by atoms with Crippen molar-refractivity contribution in [3.63, 3.8) is 0 Å². The molecule has 5 heteroatoms. The van der Waals surface area contributed by atoms with Crippen LogP contribution in [0.5, 0.6) is 0 Å². The van der Waals surface area contributed by atoms with Crippen LogP contribution in [-0.4, -0.2) is 30.0 Å². The first-order valence-corrected chi connectivity index (χ1v) is 7.69. The molecule has 1 heterocycles. The molecule has 0 spiro atoms. The molecule has 2 rings (SSSR count). The summed E-state index contributed by atoms with van der Waals surface area (Å²) in [7, 11) is 0. The molecule has 0 fully saturated rings. The summed E-state index contributed by atoms with van der Waals surface area (Å²) in [5, 5.41) is 6.16. The van der Waals surface area contributed by atoms with Gasteiger partial charge in [-0.1, -0.05) is 37.3 Å². The highest BCUT2D eigenvalue weighted by Gasteiger charge is 2.09. The van der Waals surface area contributed by atoms with Gasteiger partial charge in [-0.2, -0.15) is 0 Å². The number of hydrogen-bond acceptors (Lipinski definition) is 4. The monoisotopic (exact) mass is 301 g/mol. The SMILES string of the molecule is CCN[C@H](C)CNC(=O)CCc1ncc(-c2ccccc2)o1. The quantitative estimate of drug-likeness (QED) is 0.785. The minimum Gasteiger partial charge on any atom is -0.441 e. The minimum absolute atomic E-state index is 0.0178. The average molecular weight is 301 g/mol. The highest BCUT2D eigenvalue weighted by molar-refractivity contribution is 5.76. The molecule has 1 atom stereocenters. The Morgan fingerprint density at radius 3 is 2.82 bits per heavy atom. The zero-order chi connectivity index (χ0) is 15.8. The van der Waals surface area contributed by atoms with Crippen LogP contribution in [0.1, 0.15) is 26.2 Å². The van der Waals surface area contributed by atoms with Crippen LogP contribution in [-0.2, 0) is 11.2 Å². The van der Waals surface area contributed by atoms with Crippen molar-refractivity contribution in [2.45, 2.75) is 32.7 Å². The third kappa shape index (κ3) is 5.00. The van der Waals surface area contributed by atoms with Gasteiger partial charge in [-0.05, 0) is 13.5 Å². The molecule has 22 heavy (non-hydrogen) atoms. The molecule has 0 aliphatic heterocycles. The number of hydrogen-bond donors (Lipinski definition) is 2. The number of aryl methyl sites for hydroxylation is 1. The van der Waals surface area contributed by atoms with Gasteiger partial charge in [0.2, 0.25) is 5.91 Å². The smallest absolute Gasteiger partial charge is 0.220 e. The highest BCUT2D eigenvalue weighted by atomic mass is 16.4. The number of likely N-dealkylation sites (N-methyl/N-ethyl adjacent to an activating group) is 1. The van der Waals surface area contributed by atoms with Gasteiger partial charge < -0.3 is 15.1 Å². The molecule has 1 aromatic carbocycles. The van der Waals surface area contributed by atoms with Crippen molar-refractivity contribution >= 4 is 5.91 Å². The number of nitrogens with zero attached hydrogens (tertiary/aromatic N) is 1. The first kappa shape index (κ1) is 16.2. The molecule has 0 saturated carbocycles. The largest absolute Gasteiger partial charge is 0.441 e. The molecular weight excluding hydrogens is 278 g/mol. The predicted octanol–water partition coefficient (Wildman–Crippen LogP) is 2.39. The van der Waals surface area contributed by atoms with Crippen molar-refractivity contribution in [3.8, 4) is 11.3 Å². The van der Waals surface area contributed by atoms with Crippen LogP contribution in [0.3, 0.4) is 0 Å². The molecule has 1 amide bonds. The second-order valence-electron chi connectivity index (χ2n) is 5.25. The lowest BCUT2D eigenvalue weighted by atomic mass is 10.2. The number of aromatic nitrogens is 1. The second-order valence-corrected chi connectivity index (χ2v) is 5.25. The molecule has 0 unspecified atom stereocenters. The van der Waals surface area contributed by atoms with Gasteiger partial charge in [-0.15, -0.1) is 0 Å². The van der Waals surface area contributed by atoms with Gasteiger partial charge in [0.15, 0.2) is 11.7 Å². The first-order chi connectivity index (χ1) is 10.7. The van der Waals surface area contributed by atoms with E-state index in [4.69, 9.17) is 4.42 Å². The van der Waals surface area contributed by atoms with E-state index in [0.29, 0.717) is 25.3 Å². The van der Waals surface area contributed by atoms with Crippen LogP contribution < -0.4 is 10.6 Å². The molecule has 5 nitrogen and oxygen atoms in total. The van der Waals surface area contributed by atoms with Crippen molar-refractivity contribution in [3.05, 3.63) is 42.4 Å². The van der Waals surface area contributed by atoms with Crippen molar-refractivity contribution < 1.29 is 9.21 Å². The first-order valence-electron chi connectivity index (χ1n) is 7.69. The van der Waals surface area contributed by atoms with Gasteiger partial charge in [0.25, 0.3) is 0 Å². The molecule has 0 radical (unpaired) electrons. The Morgan fingerprint density at radius 2 is 2.09 bits per heavy atom. The number of rotatable bonds is 8. The molecule has 0 aliphatic carbocycles. The summed E-state index contributed by atoms with van der Waals surface area (Å²) in [4.78, 5) is 16.0. The van der Waals surface area contributed by atoms with Crippen LogP contribution in [0.15, 0.2) is 40.9 Å². The van der Waals surface area contributed by atoms with Crippen LogP contribution in [0, 0.1) is 0 Å². The number of carbonyl (C=O) groups is 1. The van der Waals surface area contributed by atoms with E-state index in [1.165, 1.54) is 0 Å². The van der Waals surface area contributed by atoms with Crippen LogP contribution in [0.4, 0.5) is 0 Å². The van der Waals surface area contributed by atoms with E-state index in [9.17, 15) is 4.79 Å². The van der Waals surface area contributed by atoms with Crippen molar-refractivity contribution in [2.24, 2.45) is 0 Å². The molecule has 0 bridgehead atoms. The van der Waals surface area contributed by atoms with Crippen LogP contribution in [0.25, 0.3) is 11.3 Å². The number of nitrogens with one attached hydrogen (secondary N) is 2. The minimum atomic E-state index is 0.0178. The molecule has 2 aromatic rings. The molecular formula is C17H23N3O2. The Balaban J connectivity index is 1.78. The fourth-order valence-electron chi connectivity index (χ4n) is 2.16. The van der Waals surface area contributed by atoms with E-state index in [-0.39, 0.29) is 11.9 Å². The number of oxazole rings is 1. The van der Waals surface area contributed by atoms with Crippen LogP contribution in [0.2, 0.25) is 0 Å². The number of carbonyl (C=O) groups excluding carboxylic acids is 1. The van der Waals surface area contributed by atoms with E-state index >= 15 is 0 Å². The summed E-state index contributed by atoms with van der Waals surface area (Å²) in [5.74, 6) is 1.34. The van der Waals surface area contributed by atoms with Gasteiger partial charge in [-0.3, -0.25) is 4.79 Å². The van der Waals surface area contributed by atoms with Crippen molar-refractivity contribution in [2.75, 3.05) is 13.1 Å². The Labute approximate surface area is 131 Å². The lowest BCUT2D eigenvalue weighted by molar-refractivity contribution is -0.121. The Kier molecular flexibility index (Phi) is 6.15.